The standard InChI is InChI=1S/C18H20ClFN2O/c1-22(2)12-11-17(13-5-9-16(20)10-6-13)21-18(23)14-3-7-15(19)8-4-14/h3-10,17H,11-12H2,1-2H3,(H,21,23). The van der Waals surface area contributed by atoms with Crippen LogP contribution in [-0.4, -0.2) is 31.4 Å². The highest BCUT2D eigenvalue weighted by atomic mass is 35.5. The number of halogens is 2. The minimum absolute atomic E-state index is 0.172. The predicted molar refractivity (Wildman–Crippen MR) is 91.2 cm³/mol. The highest BCUT2D eigenvalue weighted by molar-refractivity contribution is 6.30. The van der Waals surface area contributed by atoms with E-state index in [9.17, 15) is 9.18 Å². The molecule has 0 aliphatic rings. The summed E-state index contributed by atoms with van der Waals surface area (Å²) in [6.07, 6.45) is 0.734. The third-order valence-corrected chi connectivity index (χ3v) is 3.80. The number of hydrogen-bond acceptors (Lipinski definition) is 2. The lowest BCUT2D eigenvalue weighted by Crippen LogP contribution is -2.31. The molecule has 0 fully saturated rings. The SMILES string of the molecule is CN(C)CCC(NC(=O)c1ccc(Cl)cc1)c1ccc(F)cc1. The number of nitrogens with zero attached hydrogens (tertiary/aromatic N) is 1. The van der Waals surface area contributed by atoms with Crippen molar-refractivity contribution in [2.45, 2.75) is 12.5 Å². The Morgan fingerprint density at radius 3 is 2.30 bits per heavy atom. The third-order valence-electron chi connectivity index (χ3n) is 3.55. The molecular weight excluding hydrogens is 315 g/mol. The molecular formula is C18H20ClFN2O. The Morgan fingerprint density at radius 2 is 1.74 bits per heavy atom. The van der Waals surface area contributed by atoms with Crippen molar-refractivity contribution in [3.05, 3.63) is 70.5 Å². The Kier molecular flexibility index (Phi) is 6.13. The maximum absolute atomic E-state index is 13.1. The second kappa shape index (κ2) is 8.09. The maximum atomic E-state index is 13.1. The number of amides is 1. The van der Waals surface area contributed by atoms with Gasteiger partial charge in [-0.05, 0) is 69.0 Å². The molecule has 0 radical (unpaired) electrons. The van der Waals surface area contributed by atoms with Crippen LogP contribution in [0.15, 0.2) is 48.5 Å². The molecule has 0 aliphatic carbocycles. The summed E-state index contributed by atoms with van der Waals surface area (Å²) < 4.78 is 13.1. The van der Waals surface area contributed by atoms with Crippen molar-refractivity contribution in [1.82, 2.24) is 10.2 Å². The van der Waals surface area contributed by atoms with Gasteiger partial charge in [0.1, 0.15) is 5.82 Å². The number of nitrogens with one attached hydrogen (secondary N) is 1. The normalized spacial score (nSPS) is 12.2. The van der Waals surface area contributed by atoms with E-state index >= 15 is 0 Å². The van der Waals surface area contributed by atoms with E-state index in [1.807, 2.05) is 19.0 Å². The summed E-state index contributed by atoms with van der Waals surface area (Å²) in [5.41, 5.74) is 1.43. The lowest BCUT2D eigenvalue weighted by molar-refractivity contribution is 0.0932. The van der Waals surface area contributed by atoms with E-state index in [4.69, 9.17) is 11.6 Å². The van der Waals surface area contributed by atoms with Crippen molar-refractivity contribution < 1.29 is 9.18 Å². The first-order chi connectivity index (χ1) is 11.0. The summed E-state index contributed by atoms with van der Waals surface area (Å²) >= 11 is 5.84. The fourth-order valence-corrected chi connectivity index (χ4v) is 2.37. The van der Waals surface area contributed by atoms with E-state index in [0.717, 1.165) is 18.5 Å². The van der Waals surface area contributed by atoms with Crippen LogP contribution in [0.5, 0.6) is 0 Å². The molecule has 1 N–H and O–H groups in total. The first-order valence-electron chi connectivity index (χ1n) is 7.42. The fourth-order valence-electron chi connectivity index (χ4n) is 2.25. The predicted octanol–water partition coefficient (Wildman–Crippen LogP) is 3.90. The molecule has 0 saturated heterocycles. The van der Waals surface area contributed by atoms with Gasteiger partial charge in [-0.15, -0.1) is 0 Å². The van der Waals surface area contributed by atoms with E-state index in [1.165, 1.54) is 12.1 Å². The Morgan fingerprint density at radius 1 is 1.13 bits per heavy atom. The molecule has 3 nitrogen and oxygen atoms in total. The Bertz CT molecular complexity index is 641. The minimum atomic E-state index is -0.288. The van der Waals surface area contributed by atoms with E-state index in [1.54, 1.807) is 36.4 Å². The highest BCUT2D eigenvalue weighted by Gasteiger charge is 2.16. The Hall–Kier alpha value is -1.91. The fraction of sp³-hybridized carbons (Fsp3) is 0.278. The zero-order valence-corrected chi connectivity index (χ0v) is 14.0. The molecule has 0 spiro atoms. The van der Waals surface area contributed by atoms with Gasteiger partial charge >= 0.3 is 0 Å². The van der Waals surface area contributed by atoms with Crippen LogP contribution in [0.1, 0.15) is 28.4 Å². The van der Waals surface area contributed by atoms with Crippen LogP contribution in [0.2, 0.25) is 5.02 Å². The van der Waals surface area contributed by atoms with Gasteiger partial charge in [0.25, 0.3) is 5.91 Å². The van der Waals surface area contributed by atoms with E-state index in [2.05, 4.69) is 5.32 Å². The van der Waals surface area contributed by atoms with Gasteiger partial charge in [-0.1, -0.05) is 23.7 Å². The monoisotopic (exact) mass is 334 g/mol. The largest absolute Gasteiger partial charge is 0.345 e. The molecule has 0 saturated carbocycles. The second-order valence-corrected chi connectivity index (χ2v) is 6.11. The third kappa shape index (κ3) is 5.34. The smallest absolute Gasteiger partial charge is 0.251 e. The lowest BCUT2D eigenvalue weighted by Gasteiger charge is -2.21. The zero-order chi connectivity index (χ0) is 16.8. The van der Waals surface area contributed by atoms with Crippen molar-refractivity contribution in [2.24, 2.45) is 0 Å². The summed E-state index contributed by atoms with van der Waals surface area (Å²) in [5.74, 6) is -0.459. The van der Waals surface area contributed by atoms with Gasteiger partial charge in [0.2, 0.25) is 0 Å². The van der Waals surface area contributed by atoms with Gasteiger partial charge in [0.15, 0.2) is 0 Å². The van der Waals surface area contributed by atoms with Gasteiger partial charge < -0.3 is 10.2 Å². The molecule has 0 aliphatic heterocycles. The topological polar surface area (TPSA) is 32.3 Å². The second-order valence-electron chi connectivity index (χ2n) is 5.68. The summed E-state index contributed by atoms with van der Waals surface area (Å²) in [6, 6.07) is 12.8. The summed E-state index contributed by atoms with van der Waals surface area (Å²) in [7, 11) is 3.95. The average molecular weight is 335 g/mol. The summed E-state index contributed by atoms with van der Waals surface area (Å²) in [4.78, 5) is 14.5. The van der Waals surface area contributed by atoms with Gasteiger partial charge in [-0.3, -0.25) is 4.79 Å². The highest BCUT2D eigenvalue weighted by Crippen LogP contribution is 2.19. The number of rotatable bonds is 6. The Balaban J connectivity index is 2.14. The van der Waals surface area contributed by atoms with Crippen molar-refractivity contribution in [3.8, 4) is 0 Å². The molecule has 1 amide bonds. The minimum Gasteiger partial charge on any atom is -0.345 e. The quantitative estimate of drug-likeness (QED) is 0.869. The lowest BCUT2D eigenvalue weighted by atomic mass is 10.0. The molecule has 1 atom stereocenters. The molecule has 2 rings (SSSR count). The van der Waals surface area contributed by atoms with Crippen molar-refractivity contribution in [3.63, 3.8) is 0 Å². The first-order valence-corrected chi connectivity index (χ1v) is 7.80. The molecule has 5 heteroatoms. The van der Waals surface area contributed by atoms with Gasteiger partial charge in [-0.2, -0.15) is 0 Å². The molecule has 23 heavy (non-hydrogen) atoms. The zero-order valence-electron chi connectivity index (χ0n) is 13.2. The first kappa shape index (κ1) is 17.4. The van der Waals surface area contributed by atoms with E-state index < -0.39 is 0 Å². The van der Waals surface area contributed by atoms with Crippen LogP contribution >= 0.6 is 11.6 Å². The summed E-state index contributed by atoms with van der Waals surface area (Å²) in [5, 5.41) is 3.60. The van der Waals surface area contributed by atoms with Gasteiger partial charge in [0, 0.05) is 10.6 Å². The van der Waals surface area contributed by atoms with Crippen molar-refractivity contribution in [2.75, 3.05) is 20.6 Å². The number of benzene rings is 2. The summed E-state index contributed by atoms with van der Waals surface area (Å²) in [6.45, 7) is 0.808. The molecule has 0 aromatic heterocycles. The van der Waals surface area contributed by atoms with Gasteiger partial charge in [0.05, 0.1) is 6.04 Å². The Labute approximate surface area is 141 Å². The van der Waals surface area contributed by atoms with E-state index in [-0.39, 0.29) is 17.8 Å². The van der Waals surface area contributed by atoms with Crippen LogP contribution < -0.4 is 5.32 Å². The number of carbonyl (C=O) groups excluding carboxylic acids is 1. The van der Waals surface area contributed by atoms with E-state index in [0.29, 0.717) is 10.6 Å². The molecule has 0 bridgehead atoms. The molecule has 2 aromatic carbocycles. The number of carbonyl (C=O) groups is 1. The van der Waals surface area contributed by atoms with Crippen LogP contribution in [0.4, 0.5) is 4.39 Å². The van der Waals surface area contributed by atoms with Crippen molar-refractivity contribution in [1.29, 1.82) is 0 Å². The van der Waals surface area contributed by atoms with Crippen LogP contribution in [0.25, 0.3) is 0 Å². The van der Waals surface area contributed by atoms with Gasteiger partial charge in [-0.25, -0.2) is 4.39 Å². The number of hydrogen-bond donors (Lipinski definition) is 1. The van der Waals surface area contributed by atoms with Crippen molar-refractivity contribution >= 4 is 17.5 Å². The molecule has 122 valence electrons. The average Bonchev–Trinajstić information content (AvgIpc) is 2.52. The van der Waals surface area contributed by atoms with Crippen LogP contribution in [0, 0.1) is 5.82 Å². The molecule has 1 unspecified atom stereocenters. The maximum Gasteiger partial charge on any atom is 0.251 e. The molecule has 0 heterocycles. The van der Waals surface area contributed by atoms with Crippen LogP contribution in [0.3, 0.4) is 0 Å². The molecule has 2 aromatic rings. The van der Waals surface area contributed by atoms with Crippen LogP contribution in [-0.2, 0) is 0 Å².